The van der Waals surface area contributed by atoms with E-state index >= 15 is 0 Å². The summed E-state index contributed by atoms with van der Waals surface area (Å²) in [5.41, 5.74) is 3.83. The van der Waals surface area contributed by atoms with E-state index in [1.54, 1.807) is 14.2 Å². The molecular weight excluding hydrogens is 254 g/mol. The van der Waals surface area contributed by atoms with Gasteiger partial charge in [-0.15, -0.1) is 0 Å². The molecule has 0 atom stereocenters. The van der Waals surface area contributed by atoms with Crippen molar-refractivity contribution >= 4 is 11.6 Å². The average Bonchev–Trinajstić information content (AvgIpc) is 2.85. The Hall–Kier alpha value is -2.49. The molecule has 20 heavy (non-hydrogen) atoms. The first kappa shape index (κ1) is 12.5. The van der Waals surface area contributed by atoms with Crippen molar-refractivity contribution in [3.8, 4) is 22.6 Å². The molecule has 3 rings (SSSR count). The van der Waals surface area contributed by atoms with Gasteiger partial charge in [0, 0.05) is 11.3 Å². The number of methoxy groups -OCH3 is 2. The van der Waals surface area contributed by atoms with Crippen molar-refractivity contribution in [1.29, 1.82) is 0 Å². The fourth-order valence-corrected chi connectivity index (χ4v) is 2.42. The molecule has 0 aromatic heterocycles. The zero-order valence-corrected chi connectivity index (χ0v) is 11.4. The summed E-state index contributed by atoms with van der Waals surface area (Å²) in [6, 6.07) is 11.6. The van der Waals surface area contributed by atoms with Crippen LogP contribution in [-0.4, -0.2) is 20.1 Å². The van der Waals surface area contributed by atoms with E-state index in [1.807, 2.05) is 36.4 Å². The van der Waals surface area contributed by atoms with Crippen molar-refractivity contribution in [3.05, 3.63) is 42.0 Å². The van der Waals surface area contributed by atoms with Crippen LogP contribution in [0.1, 0.15) is 5.56 Å². The second-order valence-corrected chi connectivity index (χ2v) is 4.66. The Balaban J connectivity index is 2.09. The summed E-state index contributed by atoms with van der Waals surface area (Å²) in [6.45, 7) is 0. The van der Waals surface area contributed by atoms with Crippen LogP contribution in [0.5, 0.6) is 11.5 Å². The quantitative estimate of drug-likeness (QED) is 0.932. The van der Waals surface area contributed by atoms with E-state index in [9.17, 15) is 4.79 Å². The number of ether oxygens (including phenoxy) is 2. The number of fused-ring (bicyclic) bond motifs is 1. The van der Waals surface area contributed by atoms with Gasteiger partial charge in [-0.1, -0.05) is 12.1 Å². The van der Waals surface area contributed by atoms with E-state index < -0.39 is 0 Å². The van der Waals surface area contributed by atoms with Gasteiger partial charge in [-0.05, 0) is 35.4 Å². The molecule has 0 saturated carbocycles. The molecular formula is C16H15NO3. The van der Waals surface area contributed by atoms with Crippen molar-refractivity contribution in [2.75, 3.05) is 19.5 Å². The third-order valence-corrected chi connectivity index (χ3v) is 3.45. The van der Waals surface area contributed by atoms with Crippen LogP contribution in [0.25, 0.3) is 11.1 Å². The molecule has 0 fully saturated rings. The van der Waals surface area contributed by atoms with Crippen LogP contribution < -0.4 is 14.8 Å². The molecule has 0 bridgehead atoms. The molecule has 0 radical (unpaired) electrons. The summed E-state index contributed by atoms with van der Waals surface area (Å²) < 4.78 is 10.7. The number of amides is 1. The predicted molar refractivity (Wildman–Crippen MR) is 77.3 cm³/mol. The number of nitrogens with one attached hydrogen (secondary N) is 1. The maximum atomic E-state index is 11.4. The Morgan fingerprint density at radius 2 is 1.90 bits per heavy atom. The molecule has 102 valence electrons. The molecule has 4 nitrogen and oxygen atoms in total. The Kier molecular flexibility index (Phi) is 3.06. The molecule has 2 aromatic rings. The molecule has 0 spiro atoms. The van der Waals surface area contributed by atoms with E-state index in [2.05, 4.69) is 5.32 Å². The van der Waals surface area contributed by atoms with E-state index in [0.717, 1.165) is 33.9 Å². The minimum atomic E-state index is 0.0368. The minimum Gasteiger partial charge on any atom is -0.497 e. The third-order valence-electron chi connectivity index (χ3n) is 3.45. The van der Waals surface area contributed by atoms with E-state index in [1.165, 1.54) is 0 Å². The number of carbonyl (C=O) groups is 1. The molecule has 1 heterocycles. The van der Waals surface area contributed by atoms with Gasteiger partial charge in [0.15, 0.2) is 0 Å². The highest BCUT2D eigenvalue weighted by Gasteiger charge is 2.18. The molecule has 1 amide bonds. The highest BCUT2D eigenvalue weighted by Crippen LogP contribution is 2.36. The number of benzene rings is 2. The fraction of sp³-hybridized carbons (Fsp3) is 0.188. The van der Waals surface area contributed by atoms with Gasteiger partial charge in [-0.3, -0.25) is 4.79 Å². The van der Waals surface area contributed by atoms with Crippen LogP contribution in [0.4, 0.5) is 5.69 Å². The molecule has 0 saturated heterocycles. The fourth-order valence-electron chi connectivity index (χ4n) is 2.42. The first-order valence-corrected chi connectivity index (χ1v) is 6.36. The highest BCUT2D eigenvalue weighted by atomic mass is 16.5. The molecule has 1 aliphatic heterocycles. The van der Waals surface area contributed by atoms with Crippen LogP contribution in [-0.2, 0) is 11.2 Å². The summed E-state index contributed by atoms with van der Waals surface area (Å²) >= 11 is 0. The Morgan fingerprint density at radius 3 is 2.65 bits per heavy atom. The number of rotatable bonds is 3. The van der Waals surface area contributed by atoms with Crippen LogP contribution >= 0.6 is 0 Å². The molecule has 1 aliphatic rings. The summed E-state index contributed by atoms with van der Waals surface area (Å²) in [5, 5.41) is 2.86. The summed E-state index contributed by atoms with van der Waals surface area (Å²) in [4.78, 5) is 11.4. The third kappa shape index (κ3) is 2.09. The molecule has 0 unspecified atom stereocenters. The SMILES string of the molecule is COc1ccc(OC)c(-c2ccc3c(c2)NC(=O)C3)c1. The van der Waals surface area contributed by atoms with E-state index in [0.29, 0.717) is 6.42 Å². The number of anilines is 1. The number of hydrogen-bond donors (Lipinski definition) is 1. The van der Waals surface area contributed by atoms with Crippen molar-refractivity contribution in [3.63, 3.8) is 0 Å². The Morgan fingerprint density at radius 1 is 1.05 bits per heavy atom. The lowest BCUT2D eigenvalue weighted by Crippen LogP contribution is -2.03. The van der Waals surface area contributed by atoms with Gasteiger partial charge in [-0.2, -0.15) is 0 Å². The van der Waals surface area contributed by atoms with Crippen molar-refractivity contribution in [1.82, 2.24) is 0 Å². The Bertz CT molecular complexity index is 679. The molecule has 0 aliphatic carbocycles. The monoisotopic (exact) mass is 269 g/mol. The zero-order valence-electron chi connectivity index (χ0n) is 11.4. The normalized spacial score (nSPS) is 12.8. The van der Waals surface area contributed by atoms with E-state index in [-0.39, 0.29) is 5.91 Å². The number of hydrogen-bond acceptors (Lipinski definition) is 3. The van der Waals surface area contributed by atoms with Gasteiger partial charge in [0.2, 0.25) is 5.91 Å². The molecule has 1 N–H and O–H groups in total. The van der Waals surface area contributed by atoms with Crippen LogP contribution in [0.2, 0.25) is 0 Å². The first-order valence-electron chi connectivity index (χ1n) is 6.36. The van der Waals surface area contributed by atoms with Gasteiger partial charge >= 0.3 is 0 Å². The lowest BCUT2D eigenvalue weighted by molar-refractivity contribution is -0.115. The average molecular weight is 269 g/mol. The molecule has 4 heteroatoms. The van der Waals surface area contributed by atoms with Gasteiger partial charge in [0.25, 0.3) is 0 Å². The molecule has 2 aromatic carbocycles. The summed E-state index contributed by atoms with van der Waals surface area (Å²) in [5.74, 6) is 1.58. The van der Waals surface area contributed by atoms with Crippen molar-refractivity contribution in [2.24, 2.45) is 0 Å². The predicted octanol–water partition coefficient (Wildman–Crippen LogP) is 2.87. The smallest absolute Gasteiger partial charge is 0.228 e. The van der Waals surface area contributed by atoms with Gasteiger partial charge in [-0.25, -0.2) is 0 Å². The summed E-state index contributed by atoms with van der Waals surface area (Å²) in [7, 11) is 3.27. The highest BCUT2D eigenvalue weighted by molar-refractivity contribution is 6.00. The van der Waals surface area contributed by atoms with Gasteiger partial charge in [0.1, 0.15) is 11.5 Å². The van der Waals surface area contributed by atoms with Crippen LogP contribution in [0.3, 0.4) is 0 Å². The van der Waals surface area contributed by atoms with Crippen LogP contribution in [0, 0.1) is 0 Å². The maximum Gasteiger partial charge on any atom is 0.228 e. The number of carbonyl (C=O) groups excluding carboxylic acids is 1. The largest absolute Gasteiger partial charge is 0.497 e. The van der Waals surface area contributed by atoms with Crippen LogP contribution in [0.15, 0.2) is 36.4 Å². The second kappa shape index (κ2) is 4.89. The van der Waals surface area contributed by atoms with Crippen molar-refractivity contribution in [2.45, 2.75) is 6.42 Å². The standard InChI is InChI=1S/C16H15NO3/c1-19-12-5-6-15(20-2)13(9-12)10-3-4-11-8-16(18)17-14(11)7-10/h3-7,9H,8H2,1-2H3,(H,17,18). The topological polar surface area (TPSA) is 47.6 Å². The van der Waals surface area contributed by atoms with Gasteiger partial charge in [0.05, 0.1) is 20.6 Å². The van der Waals surface area contributed by atoms with Gasteiger partial charge < -0.3 is 14.8 Å². The lowest BCUT2D eigenvalue weighted by atomic mass is 10.0. The van der Waals surface area contributed by atoms with E-state index in [4.69, 9.17) is 9.47 Å². The van der Waals surface area contributed by atoms with Crippen molar-refractivity contribution < 1.29 is 14.3 Å². The minimum absolute atomic E-state index is 0.0368. The summed E-state index contributed by atoms with van der Waals surface area (Å²) in [6.07, 6.45) is 0.449. The lowest BCUT2D eigenvalue weighted by Gasteiger charge is -2.11. The zero-order chi connectivity index (χ0) is 14.1. The second-order valence-electron chi connectivity index (χ2n) is 4.66. The first-order chi connectivity index (χ1) is 9.71. The Labute approximate surface area is 117 Å². The maximum absolute atomic E-state index is 11.4.